The maximum Gasteiger partial charge on any atom is 0.410 e. The van der Waals surface area contributed by atoms with Crippen LogP contribution in [0.4, 0.5) is 15.3 Å². The summed E-state index contributed by atoms with van der Waals surface area (Å²) in [5, 5.41) is 2.93. The van der Waals surface area contributed by atoms with Crippen molar-refractivity contribution in [2.75, 3.05) is 31.6 Å². The van der Waals surface area contributed by atoms with Gasteiger partial charge < -0.3 is 24.6 Å². The standard InChI is InChI=1S/C17H23N3O4/c1-12-9-20(10-13(2)24-12)16(21)18-15-5-3-4-14(8-15)11-19-6-7-23-17(19)22/h3-5,8,12-13H,6-7,9-11H2,1-2H3,(H,18,21). The minimum absolute atomic E-state index is 0.0343. The van der Waals surface area contributed by atoms with Gasteiger partial charge >= 0.3 is 12.1 Å². The summed E-state index contributed by atoms with van der Waals surface area (Å²) in [5.74, 6) is 0. The predicted octanol–water partition coefficient (Wildman–Crippen LogP) is 2.28. The molecule has 2 heterocycles. The van der Waals surface area contributed by atoms with Crippen LogP contribution in [0.25, 0.3) is 0 Å². The number of benzene rings is 1. The Morgan fingerprint density at radius 1 is 1.29 bits per heavy atom. The second-order valence-corrected chi connectivity index (χ2v) is 6.33. The molecule has 1 aromatic rings. The summed E-state index contributed by atoms with van der Waals surface area (Å²) in [6.45, 7) is 6.60. The Bertz CT molecular complexity index is 612. The number of urea groups is 1. The number of cyclic esters (lactones) is 1. The van der Waals surface area contributed by atoms with E-state index in [0.717, 1.165) is 11.3 Å². The maximum absolute atomic E-state index is 12.4. The van der Waals surface area contributed by atoms with Gasteiger partial charge in [-0.25, -0.2) is 9.59 Å². The first-order valence-corrected chi connectivity index (χ1v) is 8.23. The summed E-state index contributed by atoms with van der Waals surface area (Å²) < 4.78 is 10.6. The zero-order chi connectivity index (χ0) is 17.1. The van der Waals surface area contributed by atoms with E-state index in [-0.39, 0.29) is 24.3 Å². The number of nitrogens with zero attached hydrogens (tertiary/aromatic N) is 2. The van der Waals surface area contributed by atoms with Crippen LogP contribution in [0.1, 0.15) is 19.4 Å². The minimum Gasteiger partial charge on any atom is -0.448 e. The van der Waals surface area contributed by atoms with Gasteiger partial charge in [0.15, 0.2) is 0 Å². The van der Waals surface area contributed by atoms with Crippen LogP contribution in [0, 0.1) is 0 Å². The van der Waals surface area contributed by atoms with Gasteiger partial charge in [-0.1, -0.05) is 12.1 Å². The van der Waals surface area contributed by atoms with Crippen LogP contribution in [-0.2, 0) is 16.0 Å². The second kappa shape index (κ2) is 7.09. The average molecular weight is 333 g/mol. The molecule has 1 aromatic carbocycles. The first-order chi connectivity index (χ1) is 11.5. The smallest absolute Gasteiger partial charge is 0.410 e. The Kier molecular flexibility index (Phi) is 4.89. The molecule has 2 aliphatic rings. The Morgan fingerprint density at radius 2 is 2.04 bits per heavy atom. The van der Waals surface area contributed by atoms with Gasteiger partial charge in [0, 0.05) is 25.3 Å². The monoisotopic (exact) mass is 333 g/mol. The third-order valence-corrected chi connectivity index (χ3v) is 4.10. The van der Waals surface area contributed by atoms with Crippen molar-refractivity contribution < 1.29 is 19.1 Å². The van der Waals surface area contributed by atoms with Crippen molar-refractivity contribution in [2.24, 2.45) is 0 Å². The number of carbonyl (C=O) groups is 2. The molecule has 0 aromatic heterocycles. The summed E-state index contributed by atoms with van der Waals surface area (Å²) in [4.78, 5) is 27.4. The first-order valence-electron chi connectivity index (χ1n) is 8.23. The van der Waals surface area contributed by atoms with Crippen molar-refractivity contribution >= 4 is 17.8 Å². The first kappa shape index (κ1) is 16.6. The molecule has 3 amide bonds. The van der Waals surface area contributed by atoms with Gasteiger partial charge in [-0.2, -0.15) is 0 Å². The number of nitrogens with one attached hydrogen (secondary N) is 1. The number of morpholine rings is 1. The van der Waals surface area contributed by atoms with Crippen LogP contribution < -0.4 is 5.32 Å². The predicted molar refractivity (Wildman–Crippen MR) is 88.8 cm³/mol. The van der Waals surface area contributed by atoms with Crippen LogP contribution in [0.2, 0.25) is 0 Å². The van der Waals surface area contributed by atoms with Gasteiger partial charge in [0.2, 0.25) is 0 Å². The maximum atomic E-state index is 12.4. The number of hydrogen-bond donors (Lipinski definition) is 1. The molecule has 7 heteroatoms. The SMILES string of the molecule is CC1CN(C(=O)Nc2cccc(CN3CCOC3=O)c2)CC(C)O1. The van der Waals surface area contributed by atoms with Crippen LogP contribution in [0.15, 0.2) is 24.3 Å². The van der Waals surface area contributed by atoms with Gasteiger partial charge in [0.25, 0.3) is 0 Å². The Hall–Kier alpha value is -2.28. The van der Waals surface area contributed by atoms with E-state index in [4.69, 9.17) is 9.47 Å². The lowest BCUT2D eigenvalue weighted by Gasteiger charge is -2.35. The van der Waals surface area contributed by atoms with Gasteiger partial charge in [-0.05, 0) is 31.5 Å². The summed E-state index contributed by atoms with van der Waals surface area (Å²) >= 11 is 0. The lowest BCUT2D eigenvalue weighted by atomic mass is 10.2. The molecule has 0 aliphatic carbocycles. The fourth-order valence-corrected chi connectivity index (χ4v) is 3.08. The minimum atomic E-state index is -0.291. The fourth-order valence-electron chi connectivity index (χ4n) is 3.08. The molecule has 24 heavy (non-hydrogen) atoms. The van der Waals surface area contributed by atoms with E-state index in [0.29, 0.717) is 32.8 Å². The van der Waals surface area contributed by atoms with Gasteiger partial charge in [0.05, 0.1) is 18.8 Å². The molecule has 0 saturated carbocycles. The second-order valence-electron chi connectivity index (χ2n) is 6.33. The van der Waals surface area contributed by atoms with Crippen molar-refractivity contribution in [2.45, 2.75) is 32.6 Å². The summed E-state index contributed by atoms with van der Waals surface area (Å²) in [6, 6.07) is 7.40. The highest BCUT2D eigenvalue weighted by Gasteiger charge is 2.26. The molecule has 0 spiro atoms. The third kappa shape index (κ3) is 3.97. The molecule has 2 fully saturated rings. The van der Waals surface area contributed by atoms with Crippen molar-refractivity contribution in [1.29, 1.82) is 0 Å². The van der Waals surface area contributed by atoms with Crippen LogP contribution in [-0.4, -0.2) is 60.4 Å². The van der Waals surface area contributed by atoms with Crippen molar-refractivity contribution in [3.8, 4) is 0 Å². The molecule has 2 saturated heterocycles. The number of anilines is 1. The van der Waals surface area contributed by atoms with Crippen LogP contribution >= 0.6 is 0 Å². The molecule has 2 unspecified atom stereocenters. The lowest BCUT2D eigenvalue weighted by molar-refractivity contribution is -0.0530. The number of rotatable bonds is 3. The van der Waals surface area contributed by atoms with E-state index in [2.05, 4.69) is 5.32 Å². The summed E-state index contributed by atoms with van der Waals surface area (Å²) in [6.07, 6.45) is -0.222. The molecule has 0 radical (unpaired) electrons. The van der Waals surface area contributed by atoms with E-state index in [1.165, 1.54) is 0 Å². The zero-order valence-corrected chi connectivity index (χ0v) is 14.0. The molecule has 3 rings (SSSR count). The number of hydrogen-bond acceptors (Lipinski definition) is 4. The molecule has 7 nitrogen and oxygen atoms in total. The number of amides is 3. The molecular formula is C17H23N3O4. The van der Waals surface area contributed by atoms with Crippen LogP contribution in [0.3, 0.4) is 0 Å². The quantitative estimate of drug-likeness (QED) is 0.921. The van der Waals surface area contributed by atoms with Gasteiger partial charge in [-0.15, -0.1) is 0 Å². The van der Waals surface area contributed by atoms with E-state index in [1.54, 1.807) is 9.80 Å². The molecular weight excluding hydrogens is 310 g/mol. The van der Waals surface area contributed by atoms with E-state index in [9.17, 15) is 9.59 Å². The highest BCUT2D eigenvalue weighted by Crippen LogP contribution is 2.17. The molecule has 1 N–H and O–H groups in total. The third-order valence-electron chi connectivity index (χ3n) is 4.10. The molecule has 0 bridgehead atoms. The van der Waals surface area contributed by atoms with Gasteiger partial charge in [0.1, 0.15) is 6.61 Å². The largest absolute Gasteiger partial charge is 0.448 e. The number of ether oxygens (including phenoxy) is 2. The fraction of sp³-hybridized carbons (Fsp3) is 0.529. The number of carbonyl (C=O) groups excluding carboxylic acids is 2. The lowest BCUT2D eigenvalue weighted by Crippen LogP contribution is -2.49. The van der Waals surface area contributed by atoms with E-state index < -0.39 is 0 Å². The summed E-state index contributed by atoms with van der Waals surface area (Å²) in [5.41, 5.74) is 1.67. The normalized spacial score (nSPS) is 24.0. The topological polar surface area (TPSA) is 71.1 Å². The van der Waals surface area contributed by atoms with Crippen molar-refractivity contribution in [3.05, 3.63) is 29.8 Å². The Morgan fingerprint density at radius 3 is 2.71 bits per heavy atom. The van der Waals surface area contributed by atoms with Gasteiger partial charge in [-0.3, -0.25) is 0 Å². The average Bonchev–Trinajstić information content (AvgIpc) is 2.92. The highest BCUT2D eigenvalue weighted by atomic mass is 16.6. The van der Waals surface area contributed by atoms with E-state index in [1.807, 2.05) is 38.1 Å². The van der Waals surface area contributed by atoms with E-state index >= 15 is 0 Å². The Balaban J connectivity index is 1.61. The molecule has 2 aliphatic heterocycles. The van der Waals surface area contributed by atoms with Crippen molar-refractivity contribution in [1.82, 2.24) is 9.80 Å². The molecule has 2 atom stereocenters. The zero-order valence-electron chi connectivity index (χ0n) is 14.0. The highest BCUT2D eigenvalue weighted by molar-refractivity contribution is 5.89. The van der Waals surface area contributed by atoms with Crippen LogP contribution in [0.5, 0.6) is 0 Å². The Labute approximate surface area is 141 Å². The summed E-state index contributed by atoms with van der Waals surface area (Å²) in [7, 11) is 0. The van der Waals surface area contributed by atoms with Crippen molar-refractivity contribution in [3.63, 3.8) is 0 Å². The molecule has 130 valence electrons.